The van der Waals surface area contributed by atoms with Gasteiger partial charge in [-0.25, -0.2) is 15.0 Å². The molecular formula is C16H22N4S. The first kappa shape index (κ1) is 14.6. The molecule has 0 amide bonds. The Labute approximate surface area is 130 Å². The second-order valence-electron chi connectivity index (χ2n) is 5.48. The number of rotatable bonds is 7. The van der Waals surface area contributed by atoms with Crippen molar-refractivity contribution in [1.82, 2.24) is 20.3 Å². The van der Waals surface area contributed by atoms with Crippen LogP contribution in [0.4, 0.5) is 0 Å². The third-order valence-corrected chi connectivity index (χ3v) is 4.48. The van der Waals surface area contributed by atoms with E-state index in [1.807, 2.05) is 10.9 Å². The largest absolute Gasteiger partial charge is 0.314 e. The van der Waals surface area contributed by atoms with Gasteiger partial charge in [0.15, 0.2) is 5.82 Å². The monoisotopic (exact) mass is 302 g/mol. The van der Waals surface area contributed by atoms with Crippen LogP contribution >= 0.6 is 11.3 Å². The minimum atomic E-state index is 0.760. The molecule has 1 fully saturated rings. The van der Waals surface area contributed by atoms with Crippen LogP contribution in [-0.4, -0.2) is 27.5 Å². The number of hydrogen-bond donors (Lipinski definition) is 1. The first-order chi connectivity index (χ1) is 10.3. The fraction of sp³-hybridized carbons (Fsp3) is 0.562. The molecule has 0 bridgehead atoms. The van der Waals surface area contributed by atoms with Crippen LogP contribution in [0, 0.1) is 0 Å². The number of nitrogens with one attached hydrogen (secondary N) is 1. The van der Waals surface area contributed by atoms with Crippen LogP contribution in [0.1, 0.15) is 43.6 Å². The summed E-state index contributed by atoms with van der Waals surface area (Å²) in [6, 6.07) is 0.760. The molecule has 2 aromatic rings. The van der Waals surface area contributed by atoms with Crippen molar-refractivity contribution in [2.45, 2.75) is 52.0 Å². The van der Waals surface area contributed by atoms with Gasteiger partial charge in [-0.15, -0.1) is 11.3 Å². The van der Waals surface area contributed by atoms with Gasteiger partial charge in [-0.05, 0) is 44.2 Å². The molecule has 0 spiro atoms. The average Bonchev–Trinajstić information content (AvgIpc) is 3.17. The Morgan fingerprint density at radius 2 is 1.90 bits per heavy atom. The van der Waals surface area contributed by atoms with Crippen LogP contribution in [0.2, 0.25) is 0 Å². The lowest BCUT2D eigenvalue weighted by Crippen LogP contribution is -2.21. The molecule has 1 saturated carbocycles. The van der Waals surface area contributed by atoms with Gasteiger partial charge < -0.3 is 5.32 Å². The van der Waals surface area contributed by atoms with E-state index < -0.39 is 0 Å². The van der Waals surface area contributed by atoms with Crippen molar-refractivity contribution in [3.8, 4) is 11.5 Å². The fourth-order valence-corrected chi connectivity index (χ4v) is 3.11. The number of aromatic nitrogens is 3. The quantitative estimate of drug-likeness (QED) is 0.854. The van der Waals surface area contributed by atoms with Crippen molar-refractivity contribution in [3.05, 3.63) is 27.8 Å². The molecule has 4 nitrogen and oxygen atoms in total. The van der Waals surface area contributed by atoms with Gasteiger partial charge in [0, 0.05) is 22.8 Å². The van der Waals surface area contributed by atoms with Crippen LogP contribution in [-0.2, 0) is 19.3 Å². The number of aryl methyl sites for hydroxylation is 2. The summed E-state index contributed by atoms with van der Waals surface area (Å²) in [4.78, 5) is 13.9. The molecule has 1 aliphatic carbocycles. The summed E-state index contributed by atoms with van der Waals surface area (Å²) in [7, 11) is 0. The van der Waals surface area contributed by atoms with Crippen molar-refractivity contribution in [1.29, 1.82) is 0 Å². The fourth-order valence-electron chi connectivity index (χ4n) is 2.58. The lowest BCUT2D eigenvalue weighted by atomic mass is 10.0. The molecule has 2 aromatic heterocycles. The summed E-state index contributed by atoms with van der Waals surface area (Å²) in [5, 5.41) is 5.60. The maximum Gasteiger partial charge on any atom is 0.179 e. The van der Waals surface area contributed by atoms with E-state index in [9.17, 15) is 0 Å². The average molecular weight is 302 g/mol. The van der Waals surface area contributed by atoms with Crippen LogP contribution in [0.3, 0.4) is 0 Å². The second-order valence-corrected chi connectivity index (χ2v) is 6.20. The lowest BCUT2D eigenvalue weighted by molar-refractivity contribution is 0.671. The third-order valence-electron chi connectivity index (χ3n) is 3.89. The maximum absolute atomic E-state index is 4.76. The number of nitrogens with zero attached hydrogens (tertiary/aromatic N) is 3. The smallest absolute Gasteiger partial charge is 0.179 e. The van der Waals surface area contributed by atoms with Gasteiger partial charge in [0.1, 0.15) is 5.69 Å². The summed E-state index contributed by atoms with van der Waals surface area (Å²) in [6.45, 7) is 5.37. The van der Waals surface area contributed by atoms with E-state index >= 15 is 0 Å². The highest BCUT2D eigenvalue weighted by molar-refractivity contribution is 7.07. The zero-order valence-corrected chi connectivity index (χ0v) is 13.5. The lowest BCUT2D eigenvalue weighted by Gasteiger charge is -2.13. The molecule has 3 rings (SSSR count). The molecule has 112 valence electrons. The highest BCUT2D eigenvalue weighted by Gasteiger charge is 2.20. The van der Waals surface area contributed by atoms with Gasteiger partial charge in [0.2, 0.25) is 0 Å². The Bertz CT molecular complexity index is 565. The van der Waals surface area contributed by atoms with Crippen LogP contribution in [0.5, 0.6) is 0 Å². The van der Waals surface area contributed by atoms with E-state index in [1.165, 1.54) is 29.8 Å². The summed E-state index contributed by atoms with van der Waals surface area (Å²) in [6.07, 6.45) is 5.60. The summed E-state index contributed by atoms with van der Waals surface area (Å²) < 4.78 is 0. The van der Waals surface area contributed by atoms with Gasteiger partial charge in [0.05, 0.1) is 5.51 Å². The minimum absolute atomic E-state index is 0.760. The first-order valence-corrected chi connectivity index (χ1v) is 8.76. The normalized spacial score (nSPS) is 14.6. The SMILES string of the molecule is CCc1nc(-c2cscn2)nc(CC)c1CCNC1CC1. The minimum Gasteiger partial charge on any atom is -0.314 e. The summed E-state index contributed by atoms with van der Waals surface area (Å²) >= 11 is 1.59. The Hall–Kier alpha value is -1.33. The molecule has 0 aromatic carbocycles. The highest BCUT2D eigenvalue weighted by Crippen LogP contribution is 2.22. The molecule has 5 heteroatoms. The van der Waals surface area contributed by atoms with Gasteiger partial charge in [-0.2, -0.15) is 0 Å². The maximum atomic E-state index is 4.76. The van der Waals surface area contributed by atoms with E-state index in [0.29, 0.717) is 0 Å². The Morgan fingerprint density at radius 3 is 2.43 bits per heavy atom. The van der Waals surface area contributed by atoms with E-state index in [2.05, 4.69) is 24.1 Å². The second kappa shape index (κ2) is 6.62. The highest BCUT2D eigenvalue weighted by atomic mass is 32.1. The van der Waals surface area contributed by atoms with Gasteiger partial charge >= 0.3 is 0 Å². The van der Waals surface area contributed by atoms with Crippen LogP contribution in [0.25, 0.3) is 11.5 Å². The van der Waals surface area contributed by atoms with Gasteiger partial charge in [-0.1, -0.05) is 13.8 Å². The van der Waals surface area contributed by atoms with Gasteiger partial charge in [-0.3, -0.25) is 0 Å². The zero-order chi connectivity index (χ0) is 14.7. The first-order valence-electron chi connectivity index (χ1n) is 7.82. The number of hydrogen-bond acceptors (Lipinski definition) is 5. The predicted molar refractivity (Wildman–Crippen MR) is 86.6 cm³/mol. The molecule has 1 N–H and O–H groups in total. The third kappa shape index (κ3) is 3.47. The van der Waals surface area contributed by atoms with E-state index in [4.69, 9.17) is 9.97 Å². The van der Waals surface area contributed by atoms with Crippen molar-refractivity contribution in [2.75, 3.05) is 6.54 Å². The molecule has 0 radical (unpaired) electrons. The van der Waals surface area contributed by atoms with E-state index in [0.717, 1.165) is 43.4 Å². The molecule has 0 aliphatic heterocycles. The van der Waals surface area contributed by atoms with Crippen molar-refractivity contribution < 1.29 is 0 Å². The van der Waals surface area contributed by atoms with E-state index in [1.54, 1.807) is 11.3 Å². The zero-order valence-electron chi connectivity index (χ0n) is 12.7. The molecular weight excluding hydrogens is 280 g/mol. The molecule has 0 atom stereocenters. The molecule has 1 aliphatic rings. The van der Waals surface area contributed by atoms with Crippen molar-refractivity contribution in [3.63, 3.8) is 0 Å². The van der Waals surface area contributed by atoms with Crippen LogP contribution < -0.4 is 5.32 Å². The Balaban J connectivity index is 1.86. The molecule has 0 unspecified atom stereocenters. The summed E-state index contributed by atoms with van der Waals surface area (Å²) in [5.74, 6) is 0.781. The topological polar surface area (TPSA) is 50.7 Å². The molecule has 21 heavy (non-hydrogen) atoms. The number of thiazole rings is 1. The van der Waals surface area contributed by atoms with Gasteiger partial charge in [0.25, 0.3) is 0 Å². The van der Waals surface area contributed by atoms with Crippen molar-refractivity contribution in [2.24, 2.45) is 0 Å². The van der Waals surface area contributed by atoms with Crippen molar-refractivity contribution >= 4 is 11.3 Å². The van der Waals surface area contributed by atoms with E-state index in [-0.39, 0.29) is 0 Å². The molecule has 0 saturated heterocycles. The molecule has 2 heterocycles. The Kier molecular flexibility index (Phi) is 4.60. The standard InChI is InChI=1S/C16H22N4S/c1-3-13-12(7-8-17-11-5-6-11)14(4-2)20-16(19-13)15-9-21-10-18-15/h9-11,17H,3-8H2,1-2H3. The predicted octanol–water partition coefficient (Wildman–Crippen LogP) is 3.02. The summed E-state index contributed by atoms with van der Waals surface area (Å²) in [5.41, 5.74) is 6.44. The Morgan fingerprint density at radius 1 is 1.19 bits per heavy atom. The van der Waals surface area contributed by atoms with Crippen LogP contribution in [0.15, 0.2) is 10.9 Å².